The molecule has 2 heterocycles. The van der Waals surface area contributed by atoms with Crippen molar-refractivity contribution in [3.8, 4) is 11.5 Å². The van der Waals surface area contributed by atoms with Gasteiger partial charge in [-0.1, -0.05) is 0 Å². The lowest BCUT2D eigenvalue weighted by molar-refractivity contribution is -0.271. The molecule has 1 saturated heterocycles. The maximum atomic E-state index is 11.1. The van der Waals surface area contributed by atoms with Crippen LogP contribution in [0.4, 0.5) is 0 Å². The monoisotopic (exact) mass is 339 g/mol. The number of ether oxygens (including phenoxy) is 3. The molecule has 3 rings (SSSR count). The van der Waals surface area contributed by atoms with Crippen LogP contribution in [0.5, 0.6) is 11.5 Å². The molecule has 0 amide bonds. The molecular formula is C15H17NO8. The third-order valence-corrected chi connectivity index (χ3v) is 3.89. The predicted molar refractivity (Wildman–Crippen MR) is 79.8 cm³/mol. The summed E-state index contributed by atoms with van der Waals surface area (Å²) in [7, 11) is 1.43. The number of rotatable bonds is 4. The Morgan fingerprint density at radius 1 is 1.17 bits per heavy atom. The normalized spacial score (nSPS) is 30.2. The zero-order valence-electron chi connectivity index (χ0n) is 12.6. The van der Waals surface area contributed by atoms with Gasteiger partial charge >= 0.3 is 5.97 Å². The molecule has 5 N–H and O–H groups in total. The van der Waals surface area contributed by atoms with Gasteiger partial charge in [-0.2, -0.15) is 0 Å². The number of H-pyrrole nitrogens is 1. The number of carbonyl (C=O) groups is 1. The number of carboxylic acid groups (broad SMARTS) is 1. The number of hydrogen-bond acceptors (Lipinski definition) is 7. The summed E-state index contributed by atoms with van der Waals surface area (Å²) in [6, 6.07) is 5.11. The highest BCUT2D eigenvalue weighted by Crippen LogP contribution is 2.34. The molecule has 9 heteroatoms. The van der Waals surface area contributed by atoms with Crippen LogP contribution in [0.15, 0.2) is 24.4 Å². The molecule has 0 aliphatic carbocycles. The molecule has 9 nitrogen and oxygen atoms in total. The Kier molecular flexibility index (Phi) is 4.33. The van der Waals surface area contributed by atoms with Crippen molar-refractivity contribution in [3.63, 3.8) is 0 Å². The number of fused-ring (bicyclic) bond motifs is 1. The summed E-state index contributed by atoms with van der Waals surface area (Å²) in [5.41, 5.74) is 0.728. The minimum atomic E-state index is -1.77. The average Bonchev–Trinajstić information content (AvgIpc) is 3.01. The Morgan fingerprint density at radius 3 is 2.58 bits per heavy atom. The van der Waals surface area contributed by atoms with Crippen LogP contribution in [-0.2, 0) is 9.53 Å². The second kappa shape index (κ2) is 6.29. The highest BCUT2D eigenvalue weighted by molar-refractivity contribution is 5.83. The van der Waals surface area contributed by atoms with Gasteiger partial charge in [-0.15, -0.1) is 0 Å². The fourth-order valence-corrected chi connectivity index (χ4v) is 2.59. The molecule has 1 aromatic carbocycles. The number of nitrogens with one attached hydrogen (secondary N) is 1. The molecule has 24 heavy (non-hydrogen) atoms. The van der Waals surface area contributed by atoms with Crippen molar-refractivity contribution in [3.05, 3.63) is 24.4 Å². The minimum Gasteiger partial charge on any atom is -0.493 e. The first-order valence-corrected chi connectivity index (χ1v) is 7.16. The fraction of sp³-hybridized carbons (Fsp3) is 0.400. The Balaban J connectivity index is 1.90. The Morgan fingerprint density at radius 2 is 1.92 bits per heavy atom. The van der Waals surface area contributed by atoms with Gasteiger partial charge < -0.3 is 39.6 Å². The first kappa shape index (κ1) is 16.5. The highest BCUT2D eigenvalue weighted by atomic mass is 16.7. The summed E-state index contributed by atoms with van der Waals surface area (Å²) in [5, 5.41) is 39.4. The number of carboxylic acids is 1. The molecule has 0 unspecified atom stereocenters. The number of hydrogen-bond donors (Lipinski definition) is 5. The van der Waals surface area contributed by atoms with Gasteiger partial charge in [-0.05, 0) is 12.1 Å². The van der Waals surface area contributed by atoms with Crippen molar-refractivity contribution < 1.29 is 39.4 Å². The summed E-state index contributed by atoms with van der Waals surface area (Å²) < 4.78 is 15.8. The van der Waals surface area contributed by atoms with E-state index < -0.39 is 36.7 Å². The lowest BCUT2D eigenvalue weighted by Gasteiger charge is -2.38. The Labute approximate surface area is 136 Å². The summed E-state index contributed by atoms with van der Waals surface area (Å²) in [5.74, 6) is -0.955. The van der Waals surface area contributed by atoms with Crippen LogP contribution in [-0.4, -0.2) is 69.2 Å². The lowest BCUT2D eigenvalue weighted by Crippen LogP contribution is -2.61. The quantitative estimate of drug-likeness (QED) is 0.499. The maximum Gasteiger partial charge on any atom is 0.335 e. The van der Waals surface area contributed by atoms with E-state index in [1.54, 1.807) is 18.3 Å². The van der Waals surface area contributed by atoms with E-state index in [1.807, 2.05) is 6.07 Å². The molecule has 1 fully saturated rings. The summed E-state index contributed by atoms with van der Waals surface area (Å²) in [6.45, 7) is 0. The number of aromatic nitrogens is 1. The van der Waals surface area contributed by atoms with Gasteiger partial charge in [0, 0.05) is 23.2 Å². The number of benzene rings is 1. The number of aliphatic hydroxyl groups is 3. The van der Waals surface area contributed by atoms with Crippen molar-refractivity contribution in [1.29, 1.82) is 0 Å². The molecule has 1 aromatic heterocycles. The van der Waals surface area contributed by atoms with E-state index in [9.17, 15) is 20.1 Å². The van der Waals surface area contributed by atoms with E-state index in [0.717, 1.165) is 10.9 Å². The first-order chi connectivity index (χ1) is 11.4. The van der Waals surface area contributed by atoms with Crippen LogP contribution >= 0.6 is 0 Å². The first-order valence-electron chi connectivity index (χ1n) is 7.16. The van der Waals surface area contributed by atoms with Gasteiger partial charge in [0.25, 0.3) is 0 Å². The SMILES string of the molecule is COc1cc2cc[nH]c2cc1O[C@@H]1O[C@H](C(=O)O)[C@@H](O)[C@H](O)[C@H]1O. The van der Waals surface area contributed by atoms with Gasteiger partial charge in [0.2, 0.25) is 6.29 Å². The average molecular weight is 339 g/mol. The Hall–Kier alpha value is -2.33. The zero-order chi connectivity index (χ0) is 17.4. The third kappa shape index (κ3) is 2.78. The van der Waals surface area contributed by atoms with Gasteiger partial charge in [0.1, 0.15) is 18.3 Å². The molecule has 0 saturated carbocycles. The van der Waals surface area contributed by atoms with E-state index in [4.69, 9.17) is 19.3 Å². The number of methoxy groups -OCH3 is 1. The molecule has 130 valence electrons. The Bertz CT molecular complexity index is 744. The lowest BCUT2D eigenvalue weighted by atomic mass is 9.99. The number of aromatic amines is 1. The van der Waals surface area contributed by atoms with Crippen LogP contribution in [0.25, 0.3) is 10.9 Å². The van der Waals surface area contributed by atoms with Gasteiger partial charge in [-0.3, -0.25) is 0 Å². The molecule has 2 aromatic rings. The van der Waals surface area contributed by atoms with E-state index >= 15 is 0 Å². The zero-order valence-corrected chi connectivity index (χ0v) is 12.6. The summed E-state index contributed by atoms with van der Waals surface area (Å²) in [6.07, 6.45) is -6.64. The highest BCUT2D eigenvalue weighted by Gasteiger charge is 2.48. The smallest absolute Gasteiger partial charge is 0.335 e. The standard InChI is InChI=1S/C15H17NO8/c1-22-8-4-6-2-3-16-7(6)5-9(8)23-15-12(19)10(17)11(18)13(24-15)14(20)21/h2-5,10-13,15-19H,1H3,(H,20,21)/t10-,11-,12+,13-,15+/m0/s1. The van der Waals surface area contributed by atoms with Crippen LogP contribution in [0.2, 0.25) is 0 Å². The van der Waals surface area contributed by atoms with Gasteiger partial charge in [0.15, 0.2) is 17.6 Å². The topological polar surface area (TPSA) is 141 Å². The van der Waals surface area contributed by atoms with Crippen LogP contribution in [0.3, 0.4) is 0 Å². The van der Waals surface area contributed by atoms with E-state index in [1.165, 1.54) is 7.11 Å². The summed E-state index contributed by atoms with van der Waals surface area (Å²) in [4.78, 5) is 14.1. The maximum absolute atomic E-state index is 11.1. The fourth-order valence-electron chi connectivity index (χ4n) is 2.59. The van der Waals surface area contributed by atoms with Crippen LogP contribution in [0, 0.1) is 0 Å². The molecular weight excluding hydrogens is 322 g/mol. The molecule has 5 atom stereocenters. The van der Waals surface area contributed by atoms with E-state index in [-0.39, 0.29) is 5.75 Å². The van der Waals surface area contributed by atoms with Gasteiger partial charge in [0.05, 0.1) is 7.11 Å². The van der Waals surface area contributed by atoms with E-state index in [0.29, 0.717) is 5.75 Å². The van der Waals surface area contributed by atoms with Crippen molar-refractivity contribution >= 4 is 16.9 Å². The molecule has 0 radical (unpaired) electrons. The van der Waals surface area contributed by atoms with Crippen LogP contribution in [0.1, 0.15) is 0 Å². The second-order valence-corrected chi connectivity index (χ2v) is 5.42. The minimum absolute atomic E-state index is 0.184. The largest absolute Gasteiger partial charge is 0.493 e. The van der Waals surface area contributed by atoms with Gasteiger partial charge in [-0.25, -0.2) is 4.79 Å². The summed E-state index contributed by atoms with van der Waals surface area (Å²) >= 11 is 0. The van der Waals surface area contributed by atoms with Crippen molar-refractivity contribution in [2.75, 3.05) is 7.11 Å². The third-order valence-electron chi connectivity index (χ3n) is 3.89. The van der Waals surface area contributed by atoms with E-state index in [2.05, 4.69) is 4.98 Å². The molecule has 1 aliphatic rings. The number of aliphatic hydroxyl groups excluding tert-OH is 3. The van der Waals surface area contributed by atoms with Crippen LogP contribution < -0.4 is 9.47 Å². The second-order valence-electron chi connectivity index (χ2n) is 5.42. The van der Waals surface area contributed by atoms with Crippen molar-refractivity contribution in [1.82, 2.24) is 4.98 Å². The number of aliphatic carboxylic acids is 1. The molecule has 0 spiro atoms. The van der Waals surface area contributed by atoms with Crippen molar-refractivity contribution in [2.24, 2.45) is 0 Å². The predicted octanol–water partition coefficient (Wildman–Crippen LogP) is -0.553. The van der Waals surface area contributed by atoms with Crippen molar-refractivity contribution in [2.45, 2.75) is 30.7 Å². The molecule has 0 bridgehead atoms. The molecule has 1 aliphatic heterocycles.